The van der Waals surface area contributed by atoms with Crippen molar-refractivity contribution in [1.29, 1.82) is 0 Å². The molecule has 0 spiro atoms. The van der Waals surface area contributed by atoms with Crippen LogP contribution in [0, 0.1) is 6.92 Å². The van der Waals surface area contributed by atoms with E-state index in [0.29, 0.717) is 17.8 Å². The minimum atomic E-state index is -0.382. The molecule has 0 aliphatic heterocycles. The lowest BCUT2D eigenvalue weighted by Gasteiger charge is -2.14. The fourth-order valence-electron chi connectivity index (χ4n) is 4.10. The Kier molecular flexibility index (Phi) is 6.32. The monoisotopic (exact) mass is 424 g/mol. The lowest BCUT2D eigenvalue weighted by molar-refractivity contribution is -0.144. The first kappa shape index (κ1) is 20.8. The number of carbonyl (C=O) groups is 1. The maximum Gasteiger partial charge on any atom is 0.326 e. The average Bonchev–Trinajstić information content (AvgIpc) is 3.12. The third kappa shape index (κ3) is 4.19. The Bertz CT molecular complexity index is 1130. The molecule has 30 heavy (non-hydrogen) atoms. The zero-order valence-corrected chi connectivity index (χ0v) is 18.5. The van der Waals surface area contributed by atoms with Gasteiger partial charge in [0.2, 0.25) is 0 Å². The molecule has 0 unspecified atom stereocenters. The fourth-order valence-corrected chi connectivity index (χ4v) is 5.35. The molecule has 0 N–H and O–H groups in total. The number of nitrogens with zero attached hydrogens (tertiary/aromatic N) is 2. The van der Waals surface area contributed by atoms with E-state index in [1.165, 1.54) is 9.44 Å². The second-order valence-electron chi connectivity index (χ2n) is 8.01. The molecule has 1 aliphatic rings. The molecule has 1 aliphatic carbocycles. The third-order valence-electron chi connectivity index (χ3n) is 5.65. The van der Waals surface area contributed by atoms with Crippen molar-refractivity contribution in [3.05, 3.63) is 50.6 Å². The summed E-state index contributed by atoms with van der Waals surface area (Å²) in [6.07, 6.45) is 7.11. The van der Waals surface area contributed by atoms with Gasteiger partial charge in [0.05, 0.1) is 12.0 Å². The number of ether oxygens (including phenoxy) is 1. The summed E-state index contributed by atoms with van der Waals surface area (Å²) in [5.41, 5.74) is 2.95. The van der Waals surface area contributed by atoms with Crippen LogP contribution in [0.2, 0.25) is 0 Å². The summed E-state index contributed by atoms with van der Waals surface area (Å²) < 4.78 is 6.91. The number of aromatic nitrogens is 2. The van der Waals surface area contributed by atoms with Crippen LogP contribution in [-0.2, 0) is 28.9 Å². The molecule has 0 fully saturated rings. The third-order valence-corrected chi connectivity index (χ3v) is 6.83. The van der Waals surface area contributed by atoms with Crippen LogP contribution < -0.4 is 5.56 Å². The first-order valence-corrected chi connectivity index (χ1v) is 11.7. The molecule has 0 amide bonds. The summed E-state index contributed by atoms with van der Waals surface area (Å²) in [5, 5.41) is 0.699. The number of rotatable bonds is 7. The van der Waals surface area contributed by atoms with Gasteiger partial charge in [-0.3, -0.25) is 14.2 Å². The number of fused-ring (bicyclic) bond motifs is 3. The molecule has 2 aromatic heterocycles. The minimum absolute atomic E-state index is 0.109. The molecule has 2 heterocycles. The maximum atomic E-state index is 13.6. The van der Waals surface area contributed by atoms with Crippen molar-refractivity contribution in [2.75, 3.05) is 6.61 Å². The fraction of sp³-hybridized carbons (Fsp3) is 0.458. The first-order valence-electron chi connectivity index (χ1n) is 10.9. The van der Waals surface area contributed by atoms with Gasteiger partial charge in [0, 0.05) is 10.4 Å². The van der Waals surface area contributed by atoms with Crippen LogP contribution in [0.25, 0.3) is 21.6 Å². The van der Waals surface area contributed by atoms with Crippen LogP contribution in [0.1, 0.15) is 55.0 Å². The molecular weight excluding hydrogens is 396 g/mol. The van der Waals surface area contributed by atoms with Crippen molar-refractivity contribution in [2.24, 2.45) is 0 Å². The van der Waals surface area contributed by atoms with Gasteiger partial charge in [-0.05, 0) is 50.7 Å². The molecule has 6 heteroatoms. The van der Waals surface area contributed by atoms with Crippen LogP contribution in [0.3, 0.4) is 0 Å². The largest absolute Gasteiger partial charge is 0.464 e. The number of benzene rings is 1. The van der Waals surface area contributed by atoms with Crippen molar-refractivity contribution >= 4 is 27.5 Å². The minimum Gasteiger partial charge on any atom is -0.464 e. The topological polar surface area (TPSA) is 61.2 Å². The van der Waals surface area contributed by atoms with Gasteiger partial charge in [0.25, 0.3) is 5.56 Å². The second kappa shape index (κ2) is 9.13. The van der Waals surface area contributed by atoms with E-state index in [1.807, 2.05) is 31.2 Å². The summed E-state index contributed by atoms with van der Waals surface area (Å²) in [4.78, 5) is 33.1. The lowest BCUT2D eigenvalue weighted by Crippen LogP contribution is -2.28. The summed E-state index contributed by atoms with van der Waals surface area (Å²) >= 11 is 1.63. The van der Waals surface area contributed by atoms with Crippen molar-refractivity contribution in [1.82, 2.24) is 9.55 Å². The SMILES string of the molecule is CCCCCOC(=O)Cn1c(-c2cccc(C)c2)nc2sc3c(c2c1=O)CCCC3. The second-order valence-corrected chi connectivity index (χ2v) is 9.10. The standard InChI is InChI=1S/C24H28N2O3S/c1-3-4-7-13-29-20(27)15-26-22(17-10-8-9-16(2)14-17)25-23-21(24(26)28)18-11-5-6-12-19(18)30-23/h8-10,14H,3-7,11-13,15H2,1-2H3. The van der Waals surface area contributed by atoms with Crippen molar-refractivity contribution in [2.45, 2.75) is 65.3 Å². The number of carbonyl (C=O) groups excluding carboxylic acids is 1. The first-order chi connectivity index (χ1) is 14.6. The van der Waals surface area contributed by atoms with Crippen molar-refractivity contribution < 1.29 is 9.53 Å². The molecular formula is C24H28N2O3S. The van der Waals surface area contributed by atoms with Gasteiger partial charge in [0.1, 0.15) is 17.2 Å². The summed E-state index contributed by atoms with van der Waals surface area (Å²) in [7, 11) is 0. The van der Waals surface area contributed by atoms with E-state index in [0.717, 1.165) is 66.5 Å². The van der Waals surface area contributed by atoms with E-state index in [1.54, 1.807) is 11.3 Å². The number of aryl methyl sites for hydroxylation is 3. The zero-order chi connectivity index (χ0) is 21.1. The zero-order valence-electron chi connectivity index (χ0n) is 17.7. The van der Waals surface area contributed by atoms with Crippen molar-refractivity contribution in [3.63, 3.8) is 0 Å². The molecule has 0 saturated carbocycles. The molecule has 4 rings (SSSR count). The lowest BCUT2D eigenvalue weighted by atomic mass is 9.97. The van der Waals surface area contributed by atoms with Crippen LogP contribution in [0.4, 0.5) is 0 Å². The average molecular weight is 425 g/mol. The Morgan fingerprint density at radius 2 is 2.07 bits per heavy atom. The Morgan fingerprint density at radius 3 is 2.87 bits per heavy atom. The Balaban J connectivity index is 1.78. The van der Waals surface area contributed by atoms with E-state index in [-0.39, 0.29) is 18.1 Å². The number of unbranched alkanes of at least 4 members (excludes halogenated alkanes) is 2. The van der Waals surface area contributed by atoms with Gasteiger partial charge in [-0.1, -0.05) is 43.5 Å². The highest BCUT2D eigenvalue weighted by atomic mass is 32.1. The molecule has 0 bridgehead atoms. The normalized spacial score (nSPS) is 13.4. The van der Waals surface area contributed by atoms with Gasteiger partial charge in [-0.25, -0.2) is 4.98 Å². The van der Waals surface area contributed by atoms with Crippen LogP contribution >= 0.6 is 11.3 Å². The molecule has 1 aromatic carbocycles. The highest BCUT2D eigenvalue weighted by Crippen LogP contribution is 2.34. The van der Waals surface area contributed by atoms with E-state index in [4.69, 9.17) is 9.72 Å². The smallest absolute Gasteiger partial charge is 0.326 e. The quantitative estimate of drug-likeness (QED) is 0.393. The molecule has 3 aromatic rings. The molecule has 158 valence electrons. The summed E-state index contributed by atoms with van der Waals surface area (Å²) in [6.45, 7) is 4.40. The summed E-state index contributed by atoms with van der Waals surface area (Å²) in [5.74, 6) is 0.160. The van der Waals surface area contributed by atoms with E-state index in [2.05, 4.69) is 6.92 Å². The Morgan fingerprint density at radius 1 is 1.23 bits per heavy atom. The van der Waals surface area contributed by atoms with Gasteiger partial charge >= 0.3 is 5.97 Å². The molecule has 5 nitrogen and oxygen atoms in total. The van der Waals surface area contributed by atoms with Gasteiger partial charge < -0.3 is 4.74 Å². The highest BCUT2D eigenvalue weighted by Gasteiger charge is 2.23. The molecule has 0 saturated heterocycles. The maximum absolute atomic E-state index is 13.6. The summed E-state index contributed by atoms with van der Waals surface area (Å²) in [6, 6.07) is 7.91. The number of esters is 1. The number of hydrogen-bond acceptors (Lipinski definition) is 5. The van der Waals surface area contributed by atoms with Crippen LogP contribution in [-0.4, -0.2) is 22.1 Å². The van der Waals surface area contributed by atoms with E-state index < -0.39 is 0 Å². The van der Waals surface area contributed by atoms with E-state index in [9.17, 15) is 9.59 Å². The Labute approximate surface area is 180 Å². The highest BCUT2D eigenvalue weighted by molar-refractivity contribution is 7.18. The van der Waals surface area contributed by atoms with Crippen LogP contribution in [0.5, 0.6) is 0 Å². The predicted octanol–water partition coefficient (Wildman–Crippen LogP) is 5.05. The van der Waals surface area contributed by atoms with Gasteiger partial charge in [0.15, 0.2) is 0 Å². The van der Waals surface area contributed by atoms with E-state index >= 15 is 0 Å². The number of hydrogen-bond donors (Lipinski definition) is 0. The van der Waals surface area contributed by atoms with Gasteiger partial charge in [-0.2, -0.15) is 0 Å². The Hall–Kier alpha value is -2.47. The molecule has 0 radical (unpaired) electrons. The van der Waals surface area contributed by atoms with Crippen molar-refractivity contribution in [3.8, 4) is 11.4 Å². The molecule has 0 atom stereocenters. The predicted molar refractivity (Wildman–Crippen MR) is 121 cm³/mol. The van der Waals surface area contributed by atoms with Gasteiger partial charge in [-0.15, -0.1) is 11.3 Å². The number of thiophene rings is 1. The van der Waals surface area contributed by atoms with Crippen LogP contribution in [0.15, 0.2) is 29.1 Å².